The first-order chi connectivity index (χ1) is 17.5. The number of ether oxygens (including phenoxy) is 1. The van der Waals surface area contributed by atoms with E-state index in [9.17, 15) is 9.59 Å². The smallest absolute Gasteiger partial charge is 0.278 e. The molecule has 8 nitrogen and oxygen atoms in total. The van der Waals surface area contributed by atoms with Crippen molar-refractivity contribution >= 4 is 22.9 Å². The lowest BCUT2D eigenvalue weighted by Crippen LogP contribution is -2.35. The molecule has 0 radical (unpaired) electrons. The summed E-state index contributed by atoms with van der Waals surface area (Å²) in [6.45, 7) is 3.89. The van der Waals surface area contributed by atoms with E-state index in [1.165, 1.54) is 10.9 Å². The van der Waals surface area contributed by atoms with E-state index in [-0.39, 0.29) is 18.1 Å². The number of anilines is 2. The second-order valence-corrected chi connectivity index (χ2v) is 9.63. The normalized spacial score (nSPS) is 15.8. The third-order valence-corrected chi connectivity index (χ3v) is 7.28. The van der Waals surface area contributed by atoms with Crippen molar-refractivity contribution in [3.8, 4) is 17.0 Å². The zero-order chi connectivity index (χ0) is 24.8. The summed E-state index contributed by atoms with van der Waals surface area (Å²) in [6.07, 6.45) is 3.91. The van der Waals surface area contributed by atoms with Gasteiger partial charge in [0.15, 0.2) is 12.3 Å². The van der Waals surface area contributed by atoms with Gasteiger partial charge >= 0.3 is 0 Å². The summed E-state index contributed by atoms with van der Waals surface area (Å²) < 4.78 is 7.09. The van der Waals surface area contributed by atoms with Crippen LogP contribution in [0.2, 0.25) is 0 Å². The van der Waals surface area contributed by atoms with Crippen molar-refractivity contribution in [3.63, 3.8) is 0 Å². The van der Waals surface area contributed by atoms with Gasteiger partial charge in [-0.15, -0.1) is 0 Å². The number of rotatable bonds is 4. The predicted octanol–water partition coefficient (Wildman–Crippen LogP) is 3.93. The van der Waals surface area contributed by atoms with Crippen molar-refractivity contribution < 1.29 is 9.53 Å². The maximum Gasteiger partial charge on any atom is 0.278 e. The molecule has 1 saturated heterocycles. The van der Waals surface area contributed by atoms with Crippen molar-refractivity contribution in [2.75, 3.05) is 36.5 Å². The largest absolute Gasteiger partial charge is 0.482 e. The van der Waals surface area contributed by atoms with Crippen LogP contribution in [0.25, 0.3) is 16.9 Å². The number of carbonyl (C=O) groups is 1. The molecule has 0 spiro atoms. The molecule has 2 aliphatic heterocycles. The summed E-state index contributed by atoms with van der Waals surface area (Å²) in [5.74, 6) is 0.581. The Balaban J connectivity index is 1.47. The third-order valence-electron chi connectivity index (χ3n) is 7.28. The number of likely N-dealkylation sites (N-methyl/N-ethyl adjacent to an activating group) is 1. The van der Waals surface area contributed by atoms with Crippen LogP contribution in [0.1, 0.15) is 36.1 Å². The number of fused-ring (bicyclic) bond motifs is 2. The Hall–Kier alpha value is -4.07. The van der Waals surface area contributed by atoms with Crippen molar-refractivity contribution in [1.82, 2.24) is 14.6 Å². The standard InChI is InChI=1S/C28H29N5O3/c1-18-21(15-19-11-12-23-22(16-19)31(2)24(34)17-36-23)28(35)33-27(29-18)26(32-13-7-4-8-14-32)25(30-33)20-9-5-3-6-10-20/h3,5-6,9-12,16,29H,4,7-8,13-15,17H2,1-2H3. The predicted molar refractivity (Wildman–Crippen MR) is 140 cm³/mol. The first kappa shape index (κ1) is 22.4. The highest BCUT2D eigenvalue weighted by molar-refractivity contribution is 5.97. The molecule has 4 aromatic rings. The molecule has 36 heavy (non-hydrogen) atoms. The van der Waals surface area contributed by atoms with Gasteiger partial charge in [0.1, 0.15) is 17.1 Å². The van der Waals surface area contributed by atoms with Crippen molar-refractivity contribution in [1.29, 1.82) is 0 Å². The molecule has 0 aliphatic carbocycles. The number of aromatic nitrogens is 3. The Bertz CT molecular complexity index is 1520. The second kappa shape index (κ2) is 8.86. The van der Waals surface area contributed by atoms with Crippen LogP contribution in [0.15, 0.2) is 53.3 Å². The van der Waals surface area contributed by atoms with Crippen LogP contribution in [0.5, 0.6) is 5.75 Å². The molecule has 6 rings (SSSR count). The summed E-state index contributed by atoms with van der Waals surface area (Å²) in [7, 11) is 1.74. The minimum atomic E-state index is -0.125. The minimum absolute atomic E-state index is 0.0423. The molecule has 2 aliphatic rings. The Morgan fingerprint density at radius 2 is 1.81 bits per heavy atom. The van der Waals surface area contributed by atoms with Crippen LogP contribution in [-0.4, -0.2) is 47.2 Å². The average molecular weight is 484 g/mol. The van der Waals surface area contributed by atoms with Gasteiger partial charge in [-0.25, -0.2) is 0 Å². The molecular weight excluding hydrogens is 454 g/mol. The number of amides is 1. The number of nitrogens with zero attached hydrogens (tertiary/aromatic N) is 4. The highest BCUT2D eigenvalue weighted by atomic mass is 16.5. The molecule has 8 heteroatoms. The van der Waals surface area contributed by atoms with Crippen LogP contribution in [0.3, 0.4) is 0 Å². The monoisotopic (exact) mass is 483 g/mol. The van der Waals surface area contributed by atoms with Gasteiger partial charge < -0.3 is 19.5 Å². The molecule has 1 amide bonds. The molecule has 1 fully saturated rings. The van der Waals surface area contributed by atoms with E-state index in [0.29, 0.717) is 17.7 Å². The highest BCUT2D eigenvalue weighted by Gasteiger charge is 2.26. The van der Waals surface area contributed by atoms with E-state index in [0.717, 1.165) is 65.5 Å². The molecule has 4 heterocycles. The Morgan fingerprint density at radius 1 is 1.03 bits per heavy atom. The number of hydrogen-bond donors (Lipinski definition) is 1. The number of aryl methyl sites for hydroxylation is 1. The van der Waals surface area contributed by atoms with Crippen molar-refractivity contribution in [3.05, 3.63) is 75.7 Å². The first-order valence-electron chi connectivity index (χ1n) is 12.5. The number of hydrogen-bond acceptors (Lipinski definition) is 5. The Morgan fingerprint density at radius 3 is 2.58 bits per heavy atom. The molecule has 0 saturated carbocycles. The fourth-order valence-electron chi connectivity index (χ4n) is 5.26. The topological polar surface area (TPSA) is 82.9 Å². The van der Waals surface area contributed by atoms with E-state index >= 15 is 0 Å². The molecule has 2 aromatic heterocycles. The fourth-order valence-corrected chi connectivity index (χ4v) is 5.26. The van der Waals surface area contributed by atoms with Gasteiger partial charge in [-0.05, 0) is 43.9 Å². The minimum Gasteiger partial charge on any atom is -0.482 e. The van der Waals surface area contributed by atoms with Crippen LogP contribution in [-0.2, 0) is 11.2 Å². The average Bonchev–Trinajstić information content (AvgIpc) is 3.29. The van der Waals surface area contributed by atoms with Crippen molar-refractivity contribution in [2.45, 2.75) is 32.6 Å². The zero-order valence-corrected chi connectivity index (χ0v) is 20.6. The molecule has 0 bridgehead atoms. The molecule has 0 unspecified atom stereocenters. The molecular formula is C28H29N5O3. The summed E-state index contributed by atoms with van der Waals surface area (Å²) in [4.78, 5) is 33.4. The zero-order valence-electron chi connectivity index (χ0n) is 20.6. The van der Waals surface area contributed by atoms with Gasteiger partial charge in [-0.1, -0.05) is 36.4 Å². The lowest BCUT2D eigenvalue weighted by Gasteiger charge is -2.28. The van der Waals surface area contributed by atoms with Gasteiger partial charge in [0.25, 0.3) is 11.5 Å². The van der Waals surface area contributed by atoms with Crippen LogP contribution >= 0.6 is 0 Å². The number of nitrogens with one attached hydrogen (secondary N) is 1. The molecule has 184 valence electrons. The maximum absolute atomic E-state index is 13.8. The number of H-pyrrole nitrogens is 1. The SMILES string of the molecule is Cc1[nH]c2c(N3CCCCC3)c(-c3ccccc3)nn2c(=O)c1Cc1ccc2c(c1)N(C)C(=O)CO2. The first-order valence-corrected chi connectivity index (χ1v) is 12.5. The number of carbonyl (C=O) groups excluding carboxylic acids is 1. The molecule has 1 N–H and O–H groups in total. The van der Waals surface area contributed by atoms with Crippen LogP contribution in [0.4, 0.5) is 11.4 Å². The summed E-state index contributed by atoms with van der Waals surface area (Å²) in [5.41, 5.74) is 6.56. The van der Waals surface area contributed by atoms with Gasteiger partial charge in [0.05, 0.1) is 5.69 Å². The highest BCUT2D eigenvalue weighted by Crippen LogP contribution is 2.35. The molecule has 0 atom stereocenters. The second-order valence-electron chi connectivity index (χ2n) is 9.63. The summed E-state index contributed by atoms with van der Waals surface area (Å²) in [5, 5.41) is 4.85. The van der Waals surface area contributed by atoms with E-state index in [1.54, 1.807) is 11.9 Å². The molecule has 2 aromatic carbocycles. The lowest BCUT2D eigenvalue weighted by molar-refractivity contribution is -0.120. The Kier molecular flexibility index (Phi) is 5.51. The number of benzene rings is 2. The van der Waals surface area contributed by atoms with Gasteiger partial charge in [-0.3, -0.25) is 9.59 Å². The van der Waals surface area contributed by atoms with Crippen LogP contribution < -0.4 is 20.1 Å². The third kappa shape index (κ3) is 3.73. The number of piperidine rings is 1. The van der Waals surface area contributed by atoms with E-state index in [2.05, 4.69) is 9.88 Å². The maximum atomic E-state index is 13.8. The quantitative estimate of drug-likeness (QED) is 0.476. The van der Waals surface area contributed by atoms with E-state index in [1.807, 2.05) is 55.5 Å². The van der Waals surface area contributed by atoms with Gasteiger partial charge in [0.2, 0.25) is 0 Å². The van der Waals surface area contributed by atoms with E-state index < -0.39 is 0 Å². The number of aromatic amines is 1. The van der Waals surface area contributed by atoms with Gasteiger partial charge in [0, 0.05) is 43.4 Å². The van der Waals surface area contributed by atoms with Crippen molar-refractivity contribution in [2.24, 2.45) is 0 Å². The fraction of sp³-hybridized carbons (Fsp3) is 0.321. The van der Waals surface area contributed by atoms with Gasteiger partial charge in [-0.2, -0.15) is 9.61 Å². The summed E-state index contributed by atoms with van der Waals surface area (Å²) >= 11 is 0. The van der Waals surface area contributed by atoms with Crippen LogP contribution in [0, 0.1) is 6.92 Å². The van der Waals surface area contributed by atoms with E-state index in [4.69, 9.17) is 9.84 Å². The Labute approximate surface area is 209 Å². The lowest BCUT2D eigenvalue weighted by atomic mass is 10.0. The summed E-state index contributed by atoms with van der Waals surface area (Å²) in [6, 6.07) is 15.8.